The topological polar surface area (TPSA) is 88.5 Å². The minimum absolute atomic E-state index is 0.124. The molecule has 7 heteroatoms. The zero-order chi connectivity index (χ0) is 19.0. The van der Waals surface area contributed by atoms with Crippen LogP contribution in [0.4, 0.5) is 0 Å². The van der Waals surface area contributed by atoms with Gasteiger partial charge in [-0.25, -0.2) is 0 Å². The number of rotatable bonds is 4. The lowest BCUT2D eigenvalue weighted by Gasteiger charge is -2.34. The van der Waals surface area contributed by atoms with Crippen LogP contribution in [0, 0.1) is 0 Å². The number of likely N-dealkylation sites (N-methyl/N-ethyl adjacent to an activating group) is 1. The Morgan fingerprint density at radius 1 is 0.962 bits per heavy atom. The number of nitrogens with zero attached hydrogens (tertiary/aromatic N) is 1. The molecule has 2 aromatic carbocycles. The van der Waals surface area contributed by atoms with Gasteiger partial charge in [0.2, 0.25) is 5.75 Å². The maximum absolute atomic E-state index is 12.4. The van der Waals surface area contributed by atoms with Crippen LogP contribution in [0.5, 0.6) is 28.7 Å². The highest BCUT2D eigenvalue weighted by Gasteiger charge is 2.33. The van der Waals surface area contributed by atoms with Crippen molar-refractivity contribution in [1.82, 2.24) is 4.90 Å². The molecule has 0 aliphatic carbocycles. The van der Waals surface area contributed by atoms with E-state index in [9.17, 15) is 15.0 Å². The largest absolute Gasteiger partial charge is 0.504 e. The number of hydrogen-bond acceptors (Lipinski definition) is 7. The van der Waals surface area contributed by atoms with Crippen molar-refractivity contribution in [3.8, 4) is 28.7 Å². The Morgan fingerprint density at radius 2 is 1.54 bits per heavy atom. The molecule has 1 aliphatic heterocycles. The molecular formula is C19H21NO6. The third-order valence-electron chi connectivity index (χ3n) is 4.58. The van der Waals surface area contributed by atoms with E-state index in [-0.39, 0.29) is 29.9 Å². The van der Waals surface area contributed by atoms with E-state index in [2.05, 4.69) is 0 Å². The van der Waals surface area contributed by atoms with Gasteiger partial charge in [-0.3, -0.25) is 9.69 Å². The molecule has 2 N–H and O–H groups in total. The molecule has 26 heavy (non-hydrogen) atoms. The SMILES string of the molecule is COc1cc([C@H]2c3cc(O)c(O)cc3C(=O)CN2C)cc(OC)c1OC. The molecule has 0 saturated heterocycles. The van der Waals surface area contributed by atoms with Gasteiger partial charge in [0.05, 0.1) is 33.9 Å². The van der Waals surface area contributed by atoms with Crippen LogP contribution in [0.2, 0.25) is 0 Å². The van der Waals surface area contributed by atoms with Gasteiger partial charge >= 0.3 is 0 Å². The molecule has 1 heterocycles. The molecule has 0 fully saturated rings. The first-order valence-electron chi connectivity index (χ1n) is 8.00. The Balaban J connectivity index is 2.22. The van der Waals surface area contributed by atoms with Crippen molar-refractivity contribution in [2.45, 2.75) is 6.04 Å². The highest BCUT2D eigenvalue weighted by atomic mass is 16.5. The molecule has 7 nitrogen and oxygen atoms in total. The number of carbonyl (C=O) groups excluding carboxylic acids is 1. The maximum atomic E-state index is 12.4. The number of Topliss-reactive ketones (excluding diaryl/α,β-unsaturated/α-hetero) is 1. The number of phenols is 2. The predicted molar refractivity (Wildman–Crippen MR) is 94.7 cm³/mol. The van der Waals surface area contributed by atoms with E-state index in [4.69, 9.17) is 14.2 Å². The molecule has 0 bridgehead atoms. The fraction of sp³-hybridized carbons (Fsp3) is 0.316. The fourth-order valence-electron chi connectivity index (χ4n) is 3.39. The van der Waals surface area contributed by atoms with Gasteiger partial charge in [-0.05, 0) is 42.4 Å². The number of phenolic OH excluding ortho intramolecular Hbond substituents is 2. The summed E-state index contributed by atoms with van der Waals surface area (Å²) in [6.07, 6.45) is 0. The summed E-state index contributed by atoms with van der Waals surface area (Å²) in [6, 6.07) is 6.03. The third kappa shape index (κ3) is 2.80. The lowest BCUT2D eigenvalue weighted by molar-refractivity contribution is 0.0903. The van der Waals surface area contributed by atoms with Crippen molar-refractivity contribution >= 4 is 5.78 Å². The molecule has 2 aromatic rings. The standard InChI is InChI=1S/C19H21NO6/c1-20-9-15(23)11-7-13(21)14(22)8-12(11)18(20)10-5-16(24-2)19(26-4)17(6-10)25-3/h5-8,18,21-22H,9H2,1-4H3/t18-/m0/s1. The van der Waals surface area contributed by atoms with Crippen LogP contribution < -0.4 is 14.2 Å². The summed E-state index contributed by atoms with van der Waals surface area (Å²) in [4.78, 5) is 14.2. The van der Waals surface area contributed by atoms with Crippen LogP contribution in [0.1, 0.15) is 27.5 Å². The summed E-state index contributed by atoms with van der Waals surface area (Å²) in [5.74, 6) is 0.756. The Hall–Kier alpha value is -2.93. The van der Waals surface area contributed by atoms with Gasteiger partial charge in [0.25, 0.3) is 0 Å². The number of aromatic hydroxyl groups is 2. The van der Waals surface area contributed by atoms with Crippen LogP contribution >= 0.6 is 0 Å². The van der Waals surface area contributed by atoms with Gasteiger partial charge in [0.1, 0.15) is 0 Å². The lowest BCUT2D eigenvalue weighted by Crippen LogP contribution is -2.37. The fourth-order valence-corrected chi connectivity index (χ4v) is 3.39. The number of fused-ring (bicyclic) bond motifs is 1. The van der Waals surface area contributed by atoms with E-state index in [0.29, 0.717) is 28.4 Å². The molecule has 0 amide bonds. The molecule has 0 unspecified atom stereocenters. The second-order valence-electron chi connectivity index (χ2n) is 6.13. The van der Waals surface area contributed by atoms with E-state index in [1.54, 1.807) is 0 Å². The molecule has 0 saturated carbocycles. The van der Waals surface area contributed by atoms with Crippen LogP contribution in [-0.4, -0.2) is 55.8 Å². The van der Waals surface area contributed by atoms with Crippen molar-refractivity contribution in [3.63, 3.8) is 0 Å². The number of ketones is 1. The average molecular weight is 359 g/mol. The molecule has 0 radical (unpaired) electrons. The highest BCUT2D eigenvalue weighted by molar-refractivity contribution is 6.01. The van der Waals surface area contributed by atoms with Crippen molar-refractivity contribution < 1.29 is 29.2 Å². The van der Waals surface area contributed by atoms with Crippen molar-refractivity contribution in [1.29, 1.82) is 0 Å². The summed E-state index contributed by atoms with van der Waals surface area (Å²) in [6.45, 7) is 0.179. The predicted octanol–water partition coefficient (Wildman–Crippen LogP) is 2.34. The van der Waals surface area contributed by atoms with E-state index in [1.165, 1.54) is 33.5 Å². The molecule has 1 aliphatic rings. The van der Waals surface area contributed by atoms with Crippen molar-refractivity contribution in [2.24, 2.45) is 0 Å². The van der Waals surface area contributed by atoms with Gasteiger partial charge in [-0.2, -0.15) is 0 Å². The van der Waals surface area contributed by atoms with E-state index in [1.807, 2.05) is 24.1 Å². The Morgan fingerprint density at radius 3 is 2.08 bits per heavy atom. The normalized spacial score (nSPS) is 16.9. The number of carbonyl (C=O) groups is 1. The summed E-state index contributed by atoms with van der Waals surface area (Å²) < 4.78 is 16.2. The first-order chi connectivity index (χ1) is 12.4. The molecule has 0 aromatic heterocycles. The molecule has 138 valence electrons. The number of ether oxygens (including phenoxy) is 3. The smallest absolute Gasteiger partial charge is 0.203 e. The van der Waals surface area contributed by atoms with Crippen molar-refractivity contribution in [2.75, 3.05) is 34.9 Å². The van der Waals surface area contributed by atoms with Crippen molar-refractivity contribution in [3.05, 3.63) is 41.0 Å². The van der Waals surface area contributed by atoms with Crippen LogP contribution in [-0.2, 0) is 0 Å². The zero-order valence-electron chi connectivity index (χ0n) is 15.1. The lowest BCUT2D eigenvalue weighted by atomic mass is 9.87. The molecular weight excluding hydrogens is 338 g/mol. The summed E-state index contributed by atoms with van der Waals surface area (Å²) in [7, 11) is 6.42. The third-order valence-corrected chi connectivity index (χ3v) is 4.58. The second-order valence-corrected chi connectivity index (χ2v) is 6.13. The summed E-state index contributed by atoms with van der Waals surface area (Å²) in [5.41, 5.74) is 1.80. The average Bonchev–Trinajstić information content (AvgIpc) is 2.62. The second kappa shape index (κ2) is 6.76. The van der Waals surface area contributed by atoms with Crippen LogP contribution in [0.15, 0.2) is 24.3 Å². The molecule has 1 atom stereocenters. The Labute approximate surface area is 151 Å². The van der Waals surface area contributed by atoms with Gasteiger partial charge in [0, 0.05) is 5.56 Å². The van der Waals surface area contributed by atoms with Gasteiger partial charge in [0.15, 0.2) is 28.8 Å². The summed E-state index contributed by atoms with van der Waals surface area (Å²) >= 11 is 0. The molecule has 3 rings (SSSR count). The first-order valence-corrected chi connectivity index (χ1v) is 8.00. The number of hydrogen-bond donors (Lipinski definition) is 2. The highest BCUT2D eigenvalue weighted by Crippen LogP contribution is 2.45. The van der Waals surface area contributed by atoms with Crippen LogP contribution in [0.3, 0.4) is 0 Å². The first kappa shape index (κ1) is 17.9. The Kier molecular flexibility index (Phi) is 4.65. The van der Waals surface area contributed by atoms with Crippen LogP contribution in [0.25, 0.3) is 0 Å². The van der Waals surface area contributed by atoms with Gasteiger partial charge in [-0.15, -0.1) is 0 Å². The quantitative estimate of drug-likeness (QED) is 0.810. The minimum atomic E-state index is -0.331. The minimum Gasteiger partial charge on any atom is -0.504 e. The van der Waals surface area contributed by atoms with E-state index >= 15 is 0 Å². The molecule has 0 spiro atoms. The summed E-state index contributed by atoms with van der Waals surface area (Å²) in [5, 5.41) is 19.7. The number of benzene rings is 2. The van der Waals surface area contributed by atoms with Gasteiger partial charge < -0.3 is 24.4 Å². The van der Waals surface area contributed by atoms with E-state index in [0.717, 1.165) is 5.56 Å². The van der Waals surface area contributed by atoms with Gasteiger partial charge in [-0.1, -0.05) is 0 Å². The Bertz CT molecular complexity index is 838. The number of methoxy groups -OCH3 is 3. The zero-order valence-corrected chi connectivity index (χ0v) is 15.1. The maximum Gasteiger partial charge on any atom is 0.203 e. The monoisotopic (exact) mass is 359 g/mol. The van der Waals surface area contributed by atoms with E-state index < -0.39 is 0 Å².